The van der Waals surface area contributed by atoms with E-state index >= 15 is 0 Å². The zero-order valence-corrected chi connectivity index (χ0v) is 16.5. The van der Waals surface area contributed by atoms with Crippen molar-refractivity contribution < 1.29 is 27.5 Å². The molecule has 27 heavy (non-hydrogen) atoms. The number of hydrogen-bond donors (Lipinski definition) is 1. The molecule has 0 bridgehead atoms. The molecular weight excluding hydrogens is 372 g/mol. The molecule has 0 spiro atoms. The van der Waals surface area contributed by atoms with E-state index in [0.717, 1.165) is 0 Å². The molecule has 1 saturated heterocycles. The number of sulfonamides is 1. The van der Waals surface area contributed by atoms with Gasteiger partial charge in [-0.3, -0.25) is 9.59 Å². The van der Waals surface area contributed by atoms with Gasteiger partial charge in [0.2, 0.25) is 10.0 Å². The molecule has 1 amide bonds. The minimum Gasteiger partial charge on any atom is -0.497 e. The highest BCUT2D eigenvalue weighted by Crippen LogP contribution is 2.20. The summed E-state index contributed by atoms with van der Waals surface area (Å²) in [6.07, 6.45) is 1.24. The van der Waals surface area contributed by atoms with E-state index in [4.69, 9.17) is 9.47 Å². The number of esters is 1. The van der Waals surface area contributed by atoms with Crippen LogP contribution in [0.4, 0.5) is 0 Å². The fourth-order valence-electron chi connectivity index (χ4n) is 2.91. The third-order valence-corrected chi connectivity index (χ3v) is 6.23. The maximum absolute atomic E-state index is 12.5. The summed E-state index contributed by atoms with van der Waals surface area (Å²) in [5.74, 6) is -0.719. The molecule has 0 saturated carbocycles. The summed E-state index contributed by atoms with van der Waals surface area (Å²) in [7, 11) is -2.03. The molecule has 1 N–H and O–H groups in total. The molecule has 2 rings (SSSR count). The van der Waals surface area contributed by atoms with Crippen molar-refractivity contribution in [1.29, 1.82) is 0 Å². The molecule has 150 valence electrons. The summed E-state index contributed by atoms with van der Waals surface area (Å²) in [5, 5.41) is 2.61. The van der Waals surface area contributed by atoms with Crippen LogP contribution in [0, 0.1) is 5.92 Å². The molecule has 1 heterocycles. The van der Waals surface area contributed by atoms with Crippen molar-refractivity contribution in [1.82, 2.24) is 9.62 Å². The number of hydrogen-bond acceptors (Lipinski definition) is 6. The van der Waals surface area contributed by atoms with Crippen LogP contribution in [-0.2, 0) is 19.6 Å². The number of carbonyl (C=O) groups excluding carboxylic acids is 2. The number of methoxy groups -OCH3 is 1. The van der Waals surface area contributed by atoms with Gasteiger partial charge in [0.05, 0.1) is 25.4 Å². The highest BCUT2D eigenvalue weighted by atomic mass is 32.2. The van der Waals surface area contributed by atoms with E-state index in [1.165, 1.54) is 11.4 Å². The molecule has 0 radical (unpaired) electrons. The van der Waals surface area contributed by atoms with Gasteiger partial charge in [0, 0.05) is 25.2 Å². The SMILES string of the molecule is CCOC(=O)[C@@H]1CCCN(S(=O)(=O)CCNC(=O)c2ccc(OC)cc2)C1. The Bertz CT molecular complexity index is 748. The first kappa shape index (κ1) is 21.2. The van der Waals surface area contributed by atoms with E-state index in [9.17, 15) is 18.0 Å². The Morgan fingerprint density at radius 1 is 1.26 bits per heavy atom. The van der Waals surface area contributed by atoms with Crippen LogP contribution in [0.15, 0.2) is 24.3 Å². The minimum absolute atomic E-state index is 0.00618. The van der Waals surface area contributed by atoms with Crippen molar-refractivity contribution in [3.8, 4) is 5.75 Å². The molecule has 0 aliphatic carbocycles. The smallest absolute Gasteiger partial charge is 0.310 e. The normalized spacial score (nSPS) is 17.9. The Morgan fingerprint density at radius 2 is 1.96 bits per heavy atom. The standard InChI is InChI=1S/C18H26N2O6S/c1-3-26-18(22)15-5-4-11-20(13-15)27(23,24)12-10-19-17(21)14-6-8-16(25-2)9-7-14/h6-9,15H,3-5,10-13H2,1-2H3,(H,19,21)/t15-/m1/s1. The fraction of sp³-hybridized carbons (Fsp3) is 0.556. The summed E-state index contributed by atoms with van der Waals surface area (Å²) in [6, 6.07) is 6.54. The zero-order valence-electron chi connectivity index (χ0n) is 15.6. The predicted octanol–water partition coefficient (Wildman–Crippen LogP) is 1.03. The van der Waals surface area contributed by atoms with Gasteiger partial charge in [-0.1, -0.05) is 0 Å². The Balaban J connectivity index is 1.86. The van der Waals surface area contributed by atoms with Crippen molar-refractivity contribution in [2.24, 2.45) is 5.92 Å². The second-order valence-corrected chi connectivity index (χ2v) is 8.34. The average molecular weight is 398 g/mol. The summed E-state index contributed by atoms with van der Waals surface area (Å²) < 4.78 is 36.4. The Hall–Kier alpha value is -2.13. The van der Waals surface area contributed by atoms with Crippen LogP contribution in [0.3, 0.4) is 0 Å². The molecule has 1 aromatic carbocycles. The number of carbonyl (C=O) groups is 2. The molecule has 8 nitrogen and oxygen atoms in total. The van der Waals surface area contributed by atoms with Crippen molar-refractivity contribution in [2.75, 3.05) is 39.1 Å². The third kappa shape index (κ3) is 5.93. The van der Waals surface area contributed by atoms with E-state index in [-0.39, 0.29) is 37.3 Å². The van der Waals surface area contributed by atoms with E-state index < -0.39 is 15.9 Å². The van der Waals surface area contributed by atoms with Gasteiger partial charge in [0.1, 0.15) is 5.75 Å². The molecule has 1 fully saturated rings. The second-order valence-electron chi connectivity index (χ2n) is 6.25. The molecule has 1 aromatic rings. The van der Waals surface area contributed by atoms with Crippen LogP contribution in [0.2, 0.25) is 0 Å². The Kier molecular flexibility index (Phi) is 7.61. The largest absolute Gasteiger partial charge is 0.497 e. The molecule has 9 heteroatoms. The van der Waals surface area contributed by atoms with E-state index in [1.807, 2.05) is 0 Å². The maximum atomic E-state index is 12.5. The number of piperidine rings is 1. The lowest BCUT2D eigenvalue weighted by Gasteiger charge is -2.30. The maximum Gasteiger partial charge on any atom is 0.310 e. The van der Waals surface area contributed by atoms with E-state index in [0.29, 0.717) is 30.7 Å². The van der Waals surface area contributed by atoms with Crippen LogP contribution in [-0.4, -0.2) is 63.7 Å². The summed E-state index contributed by atoms with van der Waals surface area (Å²) in [5.41, 5.74) is 0.425. The highest BCUT2D eigenvalue weighted by molar-refractivity contribution is 7.89. The van der Waals surface area contributed by atoms with Crippen LogP contribution in [0.1, 0.15) is 30.1 Å². The summed E-state index contributed by atoms with van der Waals surface area (Å²) >= 11 is 0. The lowest BCUT2D eigenvalue weighted by molar-refractivity contribution is -0.149. The minimum atomic E-state index is -3.56. The predicted molar refractivity (Wildman–Crippen MR) is 100 cm³/mol. The molecule has 1 aliphatic rings. The topological polar surface area (TPSA) is 102 Å². The second kappa shape index (κ2) is 9.70. The van der Waals surface area contributed by atoms with Crippen LogP contribution in [0.5, 0.6) is 5.75 Å². The highest BCUT2D eigenvalue weighted by Gasteiger charge is 2.32. The monoisotopic (exact) mass is 398 g/mol. The first-order valence-electron chi connectivity index (χ1n) is 8.94. The summed E-state index contributed by atoms with van der Waals surface area (Å²) in [4.78, 5) is 24.0. The third-order valence-electron chi connectivity index (χ3n) is 4.40. The fourth-order valence-corrected chi connectivity index (χ4v) is 4.35. The van der Waals surface area contributed by atoms with Gasteiger partial charge in [0.15, 0.2) is 0 Å². The Morgan fingerprint density at radius 3 is 2.59 bits per heavy atom. The molecular formula is C18H26N2O6S. The van der Waals surface area contributed by atoms with Gasteiger partial charge >= 0.3 is 5.97 Å². The lowest BCUT2D eigenvalue weighted by atomic mass is 10.0. The van der Waals surface area contributed by atoms with Crippen LogP contribution in [0.25, 0.3) is 0 Å². The molecule has 0 unspecified atom stereocenters. The van der Waals surface area contributed by atoms with Gasteiger partial charge in [-0.25, -0.2) is 12.7 Å². The van der Waals surface area contributed by atoms with Gasteiger partial charge in [-0.15, -0.1) is 0 Å². The quantitative estimate of drug-likeness (QED) is 0.656. The van der Waals surface area contributed by atoms with Crippen LogP contribution >= 0.6 is 0 Å². The van der Waals surface area contributed by atoms with Gasteiger partial charge in [-0.2, -0.15) is 0 Å². The Labute approximate surface area is 159 Å². The number of amides is 1. The number of nitrogens with zero attached hydrogens (tertiary/aromatic N) is 1. The molecule has 1 atom stereocenters. The van der Waals surface area contributed by atoms with Crippen molar-refractivity contribution in [2.45, 2.75) is 19.8 Å². The number of benzene rings is 1. The van der Waals surface area contributed by atoms with E-state index in [1.54, 1.807) is 31.2 Å². The van der Waals surface area contributed by atoms with Crippen molar-refractivity contribution in [3.63, 3.8) is 0 Å². The van der Waals surface area contributed by atoms with Gasteiger partial charge in [-0.05, 0) is 44.0 Å². The van der Waals surface area contributed by atoms with Gasteiger partial charge < -0.3 is 14.8 Å². The summed E-state index contributed by atoms with van der Waals surface area (Å²) in [6.45, 7) is 2.51. The number of ether oxygens (including phenoxy) is 2. The van der Waals surface area contributed by atoms with Crippen molar-refractivity contribution in [3.05, 3.63) is 29.8 Å². The van der Waals surface area contributed by atoms with Gasteiger partial charge in [0.25, 0.3) is 5.91 Å². The number of rotatable bonds is 8. The lowest BCUT2D eigenvalue weighted by Crippen LogP contribution is -2.45. The van der Waals surface area contributed by atoms with E-state index in [2.05, 4.69) is 5.32 Å². The van der Waals surface area contributed by atoms with Crippen LogP contribution < -0.4 is 10.1 Å². The zero-order chi connectivity index (χ0) is 19.9. The van der Waals surface area contributed by atoms with Crippen molar-refractivity contribution >= 4 is 21.9 Å². The first-order chi connectivity index (χ1) is 12.9. The molecule has 0 aromatic heterocycles. The molecule has 1 aliphatic heterocycles. The first-order valence-corrected chi connectivity index (χ1v) is 10.5. The average Bonchev–Trinajstić information content (AvgIpc) is 2.68. The number of nitrogens with one attached hydrogen (secondary N) is 1.